The molecule has 2 aromatic rings. The maximum atomic E-state index is 14.7. The third kappa shape index (κ3) is 8.12. The molecule has 0 saturated carbocycles. The monoisotopic (exact) mass is 418 g/mol. The molecule has 0 aliphatic rings. The highest BCUT2D eigenvalue weighted by Crippen LogP contribution is 2.25. The van der Waals surface area contributed by atoms with Gasteiger partial charge in [0.1, 0.15) is 11.1 Å². The molecule has 1 aromatic heterocycles. The molecule has 0 saturated heterocycles. The van der Waals surface area contributed by atoms with Gasteiger partial charge in [-0.3, -0.25) is 0 Å². The molecule has 0 bridgehead atoms. The molecule has 0 fully saturated rings. The molecule has 0 aliphatic carbocycles. The lowest BCUT2D eigenvalue weighted by Crippen LogP contribution is -2.07. The highest BCUT2D eigenvalue weighted by Gasteiger charge is 2.14. The molecule has 0 radical (unpaired) electrons. The van der Waals surface area contributed by atoms with E-state index in [0.717, 1.165) is 38.5 Å². The highest BCUT2D eigenvalue weighted by atomic mass is 19.1. The summed E-state index contributed by atoms with van der Waals surface area (Å²) in [5.41, 5.74) is -0.605. The number of aryl methyl sites for hydroxylation is 1. The number of rotatable bonds is 16. The third-order valence-corrected chi connectivity index (χ3v) is 5.67. The number of hydrogen-bond acceptors (Lipinski definition) is 3. The van der Waals surface area contributed by atoms with Crippen molar-refractivity contribution in [2.24, 2.45) is 0 Å². The van der Waals surface area contributed by atoms with Crippen LogP contribution in [0.15, 0.2) is 27.4 Å². The van der Waals surface area contributed by atoms with Gasteiger partial charge in [-0.25, -0.2) is 9.18 Å². The van der Waals surface area contributed by atoms with Crippen molar-refractivity contribution in [3.05, 3.63) is 40.2 Å². The maximum Gasteiger partial charge on any atom is 0.346 e. The topological polar surface area (TPSA) is 39.4 Å². The fourth-order valence-electron chi connectivity index (χ4n) is 3.83. The van der Waals surface area contributed by atoms with E-state index < -0.39 is 11.4 Å². The molecule has 0 aliphatic heterocycles. The summed E-state index contributed by atoms with van der Waals surface area (Å²) >= 11 is 0. The molecule has 168 valence electrons. The van der Waals surface area contributed by atoms with Crippen LogP contribution in [0.25, 0.3) is 10.8 Å². The molecule has 0 amide bonds. The lowest BCUT2D eigenvalue weighted by molar-refractivity contribution is 0.292. The van der Waals surface area contributed by atoms with Crippen molar-refractivity contribution >= 4 is 10.8 Å². The van der Waals surface area contributed by atoms with Crippen molar-refractivity contribution in [2.75, 3.05) is 6.61 Å². The summed E-state index contributed by atoms with van der Waals surface area (Å²) in [6.07, 6.45) is 16.4. The minimum atomic E-state index is -0.608. The second-order valence-corrected chi connectivity index (χ2v) is 8.33. The molecule has 1 aromatic carbocycles. The Balaban J connectivity index is 1.80. The smallest absolute Gasteiger partial charge is 0.346 e. The van der Waals surface area contributed by atoms with Gasteiger partial charge in [0.05, 0.1) is 6.61 Å². The van der Waals surface area contributed by atoms with Crippen molar-refractivity contribution in [3.8, 4) is 5.75 Å². The quantitative estimate of drug-likeness (QED) is 0.260. The van der Waals surface area contributed by atoms with E-state index in [1.165, 1.54) is 51.4 Å². The molecule has 0 spiro atoms. The van der Waals surface area contributed by atoms with E-state index >= 15 is 0 Å². The lowest BCUT2D eigenvalue weighted by atomic mass is 10.0. The predicted molar refractivity (Wildman–Crippen MR) is 123 cm³/mol. The van der Waals surface area contributed by atoms with Gasteiger partial charge in [-0.05, 0) is 30.4 Å². The Morgan fingerprint density at radius 3 is 2.10 bits per heavy atom. The Kier molecular flexibility index (Phi) is 11.6. The number of hydrogen-bond donors (Lipinski definition) is 0. The summed E-state index contributed by atoms with van der Waals surface area (Å²) in [5, 5.41) is 0.585. The van der Waals surface area contributed by atoms with Crippen molar-refractivity contribution in [3.63, 3.8) is 0 Å². The summed E-state index contributed by atoms with van der Waals surface area (Å²) < 4.78 is 25.6. The van der Waals surface area contributed by atoms with Gasteiger partial charge in [0.2, 0.25) is 0 Å². The van der Waals surface area contributed by atoms with Crippen LogP contribution in [0.4, 0.5) is 4.39 Å². The van der Waals surface area contributed by atoms with E-state index in [2.05, 4.69) is 13.8 Å². The summed E-state index contributed by atoms with van der Waals surface area (Å²) in [6.45, 7) is 4.81. The number of halogens is 1. The molecule has 3 nitrogen and oxygen atoms in total. The average molecular weight is 419 g/mol. The van der Waals surface area contributed by atoms with Crippen LogP contribution in [-0.4, -0.2) is 6.61 Å². The fraction of sp³-hybridized carbons (Fsp3) is 0.654. The first kappa shape index (κ1) is 24.4. The molecule has 0 N–H and O–H groups in total. The molecule has 0 unspecified atom stereocenters. The Hall–Kier alpha value is -1.84. The fourth-order valence-corrected chi connectivity index (χ4v) is 3.83. The lowest BCUT2D eigenvalue weighted by Gasteiger charge is -2.09. The zero-order valence-electron chi connectivity index (χ0n) is 18.9. The van der Waals surface area contributed by atoms with E-state index in [1.807, 2.05) is 0 Å². The molecule has 30 heavy (non-hydrogen) atoms. The van der Waals surface area contributed by atoms with Gasteiger partial charge >= 0.3 is 5.63 Å². The van der Waals surface area contributed by atoms with Crippen LogP contribution in [0.2, 0.25) is 0 Å². The van der Waals surface area contributed by atoms with Crippen LogP contribution in [0.5, 0.6) is 5.75 Å². The Bertz CT molecular complexity index is 797. The van der Waals surface area contributed by atoms with Crippen LogP contribution >= 0.6 is 0 Å². The standard InChI is InChI=1S/C26H39FO3/c1-3-5-7-8-9-10-11-12-13-14-16-22-20-21-17-18-23(29-19-15-6-4-2)25(27)24(21)26(28)30-22/h17-18,20H,3-16,19H2,1-2H3. The summed E-state index contributed by atoms with van der Waals surface area (Å²) in [5.74, 6) is 0.166. The van der Waals surface area contributed by atoms with Crippen molar-refractivity contribution < 1.29 is 13.5 Å². The second-order valence-electron chi connectivity index (χ2n) is 8.33. The largest absolute Gasteiger partial charge is 0.490 e. The molecular weight excluding hydrogens is 379 g/mol. The van der Waals surface area contributed by atoms with Gasteiger partial charge < -0.3 is 9.15 Å². The van der Waals surface area contributed by atoms with Gasteiger partial charge in [-0.1, -0.05) is 90.5 Å². The van der Waals surface area contributed by atoms with Crippen molar-refractivity contribution in [1.29, 1.82) is 0 Å². The summed E-state index contributed by atoms with van der Waals surface area (Å²) in [6, 6.07) is 5.17. The van der Waals surface area contributed by atoms with E-state index in [4.69, 9.17) is 9.15 Å². The van der Waals surface area contributed by atoms with Gasteiger partial charge in [0, 0.05) is 6.42 Å². The first-order valence-corrected chi connectivity index (χ1v) is 12.0. The predicted octanol–water partition coefficient (Wildman–Crippen LogP) is 7.96. The van der Waals surface area contributed by atoms with Crippen LogP contribution in [0.1, 0.15) is 103 Å². The normalized spacial score (nSPS) is 11.3. The van der Waals surface area contributed by atoms with Crippen LogP contribution in [-0.2, 0) is 6.42 Å². The number of benzene rings is 1. The second kappa shape index (κ2) is 14.2. The summed E-state index contributed by atoms with van der Waals surface area (Å²) in [7, 11) is 0. The van der Waals surface area contributed by atoms with E-state index in [-0.39, 0.29) is 11.1 Å². The Morgan fingerprint density at radius 2 is 1.43 bits per heavy atom. The molecule has 4 heteroatoms. The first-order chi connectivity index (χ1) is 14.7. The molecular formula is C26H39FO3. The highest BCUT2D eigenvalue weighted by molar-refractivity contribution is 5.83. The average Bonchev–Trinajstić information content (AvgIpc) is 2.73. The zero-order chi connectivity index (χ0) is 21.6. The van der Waals surface area contributed by atoms with Gasteiger partial charge in [0.15, 0.2) is 11.6 Å². The van der Waals surface area contributed by atoms with Gasteiger partial charge in [-0.2, -0.15) is 0 Å². The number of fused-ring (bicyclic) bond motifs is 1. The minimum Gasteiger partial charge on any atom is -0.490 e. The maximum absolute atomic E-state index is 14.7. The zero-order valence-corrected chi connectivity index (χ0v) is 18.9. The molecule has 1 heterocycles. The molecule has 0 atom stereocenters. The minimum absolute atomic E-state index is 0.00480. The van der Waals surface area contributed by atoms with E-state index in [9.17, 15) is 9.18 Å². The Morgan fingerprint density at radius 1 is 0.833 bits per heavy atom. The van der Waals surface area contributed by atoms with Gasteiger partial charge in [0.25, 0.3) is 0 Å². The summed E-state index contributed by atoms with van der Waals surface area (Å²) in [4.78, 5) is 12.4. The first-order valence-electron chi connectivity index (χ1n) is 12.0. The van der Waals surface area contributed by atoms with Crippen LogP contribution in [0.3, 0.4) is 0 Å². The van der Waals surface area contributed by atoms with Gasteiger partial charge in [-0.15, -0.1) is 0 Å². The SMILES string of the molecule is CCCCCCCCCCCCc1cc2ccc(OCCCCC)c(F)c2c(=O)o1. The van der Waals surface area contributed by atoms with Crippen LogP contribution < -0.4 is 10.4 Å². The number of unbranched alkanes of at least 4 members (excludes halogenated alkanes) is 11. The van der Waals surface area contributed by atoms with Crippen molar-refractivity contribution in [1.82, 2.24) is 0 Å². The number of ether oxygens (including phenoxy) is 1. The molecule has 2 rings (SSSR count). The van der Waals surface area contributed by atoms with E-state index in [0.29, 0.717) is 17.8 Å². The third-order valence-electron chi connectivity index (χ3n) is 5.67. The Labute approximate surface area is 181 Å². The van der Waals surface area contributed by atoms with Crippen molar-refractivity contribution in [2.45, 2.75) is 104 Å². The van der Waals surface area contributed by atoms with Crippen LogP contribution in [0, 0.1) is 5.82 Å². The van der Waals surface area contributed by atoms with E-state index in [1.54, 1.807) is 18.2 Å².